The number of hydrogen-bond acceptors (Lipinski definition) is 5. The molecule has 90 valence electrons. The van der Waals surface area contributed by atoms with Gasteiger partial charge in [0.25, 0.3) is 0 Å². The smallest absolute Gasteiger partial charge is 0.305 e. The molecule has 0 aliphatic rings. The molecule has 1 heterocycles. The molecule has 0 aromatic carbocycles. The highest BCUT2D eigenvalue weighted by molar-refractivity contribution is 7.91. The third-order valence-electron chi connectivity index (χ3n) is 2.05. The normalized spacial score (nSPS) is 11.4. The Morgan fingerprint density at radius 2 is 2.19 bits per heavy atom. The van der Waals surface area contributed by atoms with Crippen LogP contribution in [0.15, 0.2) is 21.6 Å². The summed E-state index contributed by atoms with van der Waals surface area (Å²) < 4.78 is 33.1. The van der Waals surface area contributed by atoms with Crippen molar-refractivity contribution < 1.29 is 22.4 Å². The lowest BCUT2D eigenvalue weighted by Crippen LogP contribution is -2.15. The average Bonchev–Trinajstić information content (AvgIpc) is 2.64. The average molecular weight is 246 g/mol. The van der Waals surface area contributed by atoms with Gasteiger partial charge in [0.15, 0.2) is 9.84 Å². The van der Waals surface area contributed by atoms with Crippen molar-refractivity contribution in [3.05, 3.63) is 18.1 Å². The Morgan fingerprint density at radius 1 is 1.50 bits per heavy atom. The fourth-order valence-corrected chi connectivity index (χ4v) is 2.44. The van der Waals surface area contributed by atoms with E-state index in [4.69, 9.17) is 9.15 Å². The minimum Gasteiger partial charge on any atom is -0.468 e. The van der Waals surface area contributed by atoms with Gasteiger partial charge in [-0.15, -0.1) is 0 Å². The molecule has 0 atom stereocenters. The Kier molecular flexibility index (Phi) is 4.12. The zero-order valence-electron chi connectivity index (χ0n) is 9.23. The number of furan rings is 1. The van der Waals surface area contributed by atoms with Crippen LogP contribution < -0.4 is 0 Å². The van der Waals surface area contributed by atoms with E-state index in [-0.39, 0.29) is 23.7 Å². The molecule has 0 radical (unpaired) electrons. The van der Waals surface area contributed by atoms with E-state index in [1.54, 1.807) is 13.8 Å². The van der Waals surface area contributed by atoms with E-state index < -0.39 is 15.8 Å². The van der Waals surface area contributed by atoms with Crippen LogP contribution in [0, 0.1) is 6.92 Å². The third kappa shape index (κ3) is 3.10. The highest BCUT2D eigenvalue weighted by Gasteiger charge is 2.19. The first-order chi connectivity index (χ1) is 7.47. The maximum Gasteiger partial charge on any atom is 0.305 e. The Bertz CT molecular complexity index is 457. The highest BCUT2D eigenvalue weighted by Crippen LogP contribution is 2.17. The second-order valence-electron chi connectivity index (χ2n) is 3.23. The maximum absolute atomic E-state index is 11.7. The Morgan fingerprint density at radius 3 is 2.69 bits per heavy atom. The monoisotopic (exact) mass is 246 g/mol. The fourth-order valence-electron chi connectivity index (χ4n) is 1.17. The quantitative estimate of drug-likeness (QED) is 0.732. The number of carbonyl (C=O) groups is 1. The molecule has 0 fully saturated rings. The maximum atomic E-state index is 11.7. The molecule has 0 saturated carbocycles. The molecule has 0 bridgehead atoms. The summed E-state index contributed by atoms with van der Waals surface area (Å²) in [6.45, 7) is 3.10. The summed E-state index contributed by atoms with van der Waals surface area (Å²) in [6.07, 6.45) is 1.56. The van der Waals surface area contributed by atoms with Crippen LogP contribution >= 0.6 is 0 Å². The summed E-state index contributed by atoms with van der Waals surface area (Å²) >= 11 is 0. The molecule has 6 heteroatoms. The second-order valence-corrected chi connectivity index (χ2v) is 5.31. The van der Waals surface area contributed by atoms with Crippen molar-refractivity contribution in [1.82, 2.24) is 0 Å². The minimum atomic E-state index is -3.42. The van der Waals surface area contributed by atoms with Crippen LogP contribution in [0.5, 0.6) is 0 Å². The number of aryl methyl sites for hydroxylation is 1. The largest absolute Gasteiger partial charge is 0.468 e. The van der Waals surface area contributed by atoms with Crippen molar-refractivity contribution in [2.24, 2.45) is 0 Å². The van der Waals surface area contributed by atoms with E-state index >= 15 is 0 Å². The van der Waals surface area contributed by atoms with Gasteiger partial charge in [0.05, 0.1) is 12.0 Å². The lowest BCUT2D eigenvalue weighted by atomic mass is 10.5. The Labute approximate surface area is 94.3 Å². The van der Waals surface area contributed by atoms with E-state index in [1.807, 2.05) is 0 Å². The van der Waals surface area contributed by atoms with Gasteiger partial charge < -0.3 is 9.15 Å². The molecule has 0 saturated heterocycles. The first kappa shape index (κ1) is 12.8. The zero-order valence-corrected chi connectivity index (χ0v) is 10.0. The minimum absolute atomic E-state index is 0.125. The predicted molar refractivity (Wildman–Crippen MR) is 56.7 cm³/mol. The van der Waals surface area contributed by atoms with Gasteiger partial charge in [0, 0.05) is 6.42 Å². The van der Waals surface area contributed by atoms with E-state index in [2.05, 4.69) is 0 Å². The molecule has 0 aliphatic heterocycles. The molecule has 0 aliphatic carbocycles. The lowest BCUT2D eigenvalue weighted by molar-refractivity contribution is -0.142. The molecule has 0 unspecified atom stereocenters. The van der Waals surface area contributed by atoms with E-state index in [0.29, 0.717) is 5.76 Å². The van der Waals surface area contributed by atoms with Crippen molar-refractivity contribution >= 4 is 15.8 Å². The van der Waals surface area contributed by atoms with Gasteiger partial charge in [-0.3, -0.25) is 4.79 Å². The highest BCUT2D eigenvalue weighted by atomic mass is 32.2. The first-order valence-corrected chi connectivity index (χ1v) is 6.55. The van der Waals surface area contributed by atoms with Crippen molar-refractivity contribution in [3.8, 4) is 0 Å². The van der Waals surface area contributed by atoms with Gasteiger partial charge in [-0.1, -0.05) is 6.92 Å². The summed E-state index contributed by atoms with van der Waals surface area (Å²) in [5.74, 6) is -0.278. The van der Waals surface area contributed by atoms with Crippen LogP contribution in [0.25, 0.3) is 0 Å². The molecular weight excluding hydrogens is 232 g/mol. The van der Waals surface area contributed by atoms with Crippen molar-refractivity contribution in [2.45, 2.75) is 25.2 Å². The number of ether oxygens (including phenoxy) is 1. The van der Waals surface area contributed by atoms with Gasteiger partial charge in [-0.05, 0) is 13.0 Å². The van der Waals surface area contributed by atoms with Crippen molar-refractivity contribution in [2.75, 3.05) is 12.4 Å². The van der Waals surface area contributed by atoms with Crippen LogP contribution in [-0.4, -0.2) is 26.7 Å². The van der Waals surface area contributed by atoms with E-state index in [9.17, 15) is 13.2 Å². The molecular formula is C10H14O5S. The van der Waals surface area contributed by atoms with Crippen LogP contribution in [0.1, 0.15) is 19.1 Å². The predicted octanol–water partition coefficient (Wildman–Crippen LogP) is 1.31. The van der Waals surface area contributed by atoms with Gasteiger partial charge in [0.2, 0.25) is 0 Å². The van der Waals surface area contributed by atoms with Crippen LogP contribution in [0.4, 0.5) is 0 Å². The summed E-state index contributed by atoms with van der Waals surface area (Å²) in [4.78, 5) is 11.0. The molecule has 1 aromatic rings. The summed E-state index contributed by atoms with van der Waals surface area (Å²) in [5, 5.41) is 0. The van der Waals surface area contributed by atoms with E-state index in [0.717, 1.165) is 0 Å². The molecule has 1 aromatic heterocycles. The van der Waals surface area contributed by atoms with Crippen LogP contribution in [0.2, 0.25) is 0 Å². The zero-order chi connectivity index (χ0) is 12.2. The van der Waals surface area contributed by atoms with Gasteiger partial charge in [-0.2, -0.15) is 0 Å². The fraction of sp³-hybridized carbons (Fsp3) is 0.500. The number of hydrogen-bond donors (Lipinski definition) is 0. The molecule has 0 N–H and O–H groups in total. The molecule has 1 rings (SSSR count). The molecule has 5 nitrogen and oxygen atoms in total. The number of carbonyl (C=O) groups excluding carboxylic acids is 1. The molecule has 0 amide bonds. The standard InChI is InChI=1S/C10H14O5S/c1-3-10(11)15-6-7-16(12,13)9-4-5-14-8(9)2/h4-5H,3,6-7H2,1-2H3. The topological polar surface area (TPSA) is 73.6 Å². The number of esters is 1. The lowest BCUT2D eigenvalue weighted by Gasteiger charge is -2.04. The second kappa shape index (κ2) is 5.16. The number of sulfone groups is 1. The summed E-state index contributed by atoms with van der Waals surface area (Å²) in [7, 11) is -3.42. The summed E-state index contributed by atoms with van der Waals surface area (Å²) in [6, 6.07) is 1.40. The molecule has 16 heavy (non-hydrogen) atoms. The van der Waals surface area contributed by atoms with Gasteiger partial charge in [0.1, 0.15) is 17.3 Å². The number of rotatable bonds is 5. The Hall–Kier alpha value is -1.30. The van der Waals surface area contributed by atoms with E-state index in [1.165, 1.54) is 12.3 Å². The van der Waals surface area contributed by atoms with Crippen molar-refractivity contribution in [3.63, 3.8) is 0 Å². The Balaban J connectivity index is 2.60. The van der Waals surface area contributed by atoms with Crippen LogP contribution in [-0.2, 0) is 19.4 Å². The summed E-state index contributed by atoms with van der Waals surface area (Å²) in [5.41, 5.74) is 0. The SMILES string of the molecule is CCC(=O)OCCS(=O)(=O)c1ccoc1C. The van der Waals surface area contributed by atoms with Gasteiger partial charge >= 0.3 is 5.97 Å². The van der Waals surface area contributed by atoms with Crippen molar-refractivity contribution in [1.29, 1.82) is 0 Å². The van der Waals surface area contributed by atoms with Crippen LogP contribution in [0.3, 0.4) is 0 Å². The molecule has 0 spiro atoms. The first-order valence-electron chi connectivity index (χ1n) is 4.90. The third-order valence-corrected chi connectivity index (χ3v) is 3.85. The van der Waals surface area contributed by atoms with Gasteiger partial charge in [-0.25, -0.2) is 8.42 Å².